The van der Waals surface area contributed by atoms with Gasteiger partial charge in [0.2, 0.25) is 5.78 Å². The first-order chi connectivity index (χ1) is 15.2. The number of halogens is 1. The number of Topliss-reactive ketones (excluding diaryl/α,β-unsaturated/α-hetero) is 1. The van der Waals surface area contributed by atoms with E-state index >= 15 is 0 Å². The third-order valence-electron chi connectivity index (χ3n) is 4.99. The summed E-state index contributed by atoms with van der Waals surface area (Å²) in [5.41, 5.74) is 1.67. The lowest BCUT2D eigenvalue weighted by Crippen LogP contribution is -2.25. The van der Waals surface area contributed by atoms with Crippen LogP contribution in [-0.4, -0.2) is 40.9 Å². The Hall–Kier alpha value is -3.75. The second kappa shape index (κ2) is 9.59. The van der Waals surface area contributed by atoms with E-state index in [0.717, 1.165) is 0 Å². The van der Waals surface area contributed by atoms with Gasteiger partial charge in [-0.2, -0.15) is 0 Å². The van der Waals surface area contributed by atoms with Crippen molar-refractivity contribution in [2.75, 3.05) is 7.11 Å². The highest BCUT2D eigenvalue weighted by atomic mass is 19.1. The second-order valence-corrected chi connectivity index (χ2v) is 7.21. The quantitative estimate of drug-likeness (QED) is 0.415. The summed E-state index contributed by atoms with van der Waals surface area (Å²) in [6, 6.07) is 6.13. The molecule has 3 aromatic rings. The van der Waals surface area contributed by atoms with Gasteiger partial charge < -0.3 is 18.9 Å². The average Bonchev–Trinajstić information content (AvgIpc) is 3.35. The van der Waals surface area contributed by atoms with Crippen LogP contribution in [0, 0.1) is 19.7 Å². The molecule has 168 valence electrons. The Morgan fingerprint density at radius 2 is 1.94 bits per heavy atom. The molecular formula is C23H23FN2O6. The van der Waals surface area contributed by atoms with Crippen LogP contribution in [0.15, 0.2) is 34.9 Å². The molecule has 0 radical (unpaired) electrons. The van der Waals surface area contributed by atoms with E-state index in [1.54, 1.807) is 32.0 Å². The van der Waals surface area contributed by atoms with Crippen LogP contribution >= 0.6 is 0 Å². The van der Waals surface area contributed by atoms with Gasteiger partial charge in [0, 0.05) is 12.1 Å². The first-order valence-corrected chi connectivity index (χ1v) is 9.93. The fourth-order valence-corrected chi connectivity index (χ4v) is 3.34. The maximum absolute atomic E-state index is 13.9. The fraction of sp³-hybridized carbons (Fsp3) is 0.304. The van der Waals surface area contributed by atoms with Crippen molar-refractivity contribution in [2.24, 2.45) is 0 Å². The van der Waals surface area contributed by atoms with E-state index in [-0.39, 0.29) is 41.3 Å². The number of aromatic amines is 1. The summed E-state index contributed by atoms with van der Waals surface area (Å²) in [7, 11) is 1.26. The zero-order chi connectivity index (χ0) is 23.4. The van der Waals surface area contributed by atoms with Gasteiger partial charge in [-0.25, -0.2) is 14.2 Å². The molecule has 1 atom stereocenters. The molecule has 9 heteroatoms. The topological polar surface area (TPSA) is 111 Å². The SMILES string of the molecule is COC(=O)c1c(C)[nH]c(C(=O)C(C)OC(=O)CCc2ncc(-c3ccccc3F)o2)c1C. The standard InChI is InChI=1S/C23H23FN2O6/c1-12-20(23(29)30-4)13(2)26-21(12)22(28)14(3)31-19(27)10-9-18-25-11-17(32-18)15-7-5-6-8-16(15)24/h5-8,11,14,26H,9-10H2,1-4H3. The highest BCUT2D eigenvalue weighted by Crippen LogP contribution is 2.24. The Kier molecular flexibility index (Phi) is 6.87. The first kappa shape index (κ1) is 22.9. The number of aryl methyl sites for hydroxylation is 2. The minimum atomic E-state index is -1.07. The van der Waals surface area contributed by atoms with E-state index < -0.39 is 29.6 Å². The van der Waals surface area contributed by atoms with Gasteiger partial charge >= 0.3 is 11.9 Å². The van der Waals surface area contributed by atoms with Crippen molar-refractivity contribution in [3.8, 4) is 11.3 Å². The molecular weight excluding hydrogens is 419 g/mol. The number of carbonyl (C=O) groups excluding carboxylic acids is 3. The van der Waals surface area contributed by atoms with Crippen molar-refractivity contribution in [1.82, 2.24) is 9.97 Å². The van der Waals surface area contributed by atoms with E-state index in [1.807, 2.05) is 0 Å². The lowest BCUT2D eigenvalue weighted by molar-refractivity contribution is -0.146. The second-order valence-electron chi connectivity index (χ2n) is 7.21. The third-order valence-corrected chi connectivity index (χ3v) is 4.99. The van der Waals surface area contributed by atoms with Crippen molar-refractivity contribution in [3.63, 3.8) is 0 Å². The molecule has 0 aliphatic rings. The molecule has 0 amide bonds. The highest BCUT2D eigenvalue weighted by Gasteiger charge is 2.27. The summed E-state index contributed by atoms with van der Waals surface area (Å²) in [4.78, 5) is 43.8. The maximum atomic E-state index is 13.9. The number of H-pyrrole nitrogens is 1. The molecule has 1 aromatic carbocycles. The van der Waals surface area contributed by atoms with Gasteiger partial charge in [0.25, 0.3) is 0 Å². The number of aromatic nitrogens is 2. The van der Waals surface area contributed by atoms with Crippen LogP contribution in [0.1, 0.15) is 51.3 Å². The molecule has 3 rings (SSSR count). The van der Waals surface area contributed by atoms with E-state index in [0.29, 0.717) is 11.3 Å². The number of esters is 2. The van der Waals surface area contributed by atoms with Crippen LogP contribution in [0.3, 0.4) is 0 Å². The zero-order valence-electron chi connectivity index (χ0n) is 18.2. The molecule has 0 fully saturated rings. The van der Waals surface area contributed by atoms with Gasteiger partial charge in [0.1, 0.15) is 5.82 Å². The predicted octanol–water partition coefficient (Wildman–Crippen LogP) is 3.96. The molecule has 0 aliphatic carbocycles. The third kappa shape index (κ3) is 4.77. The van der Waals surface area contributed by atoms with Crippen molar-refractivity contribution in [1.29, 1.82) is 0 Å². The molecule has 8 nitrogen and oxygen atoms in total. The molecule has 0 aliphatic heterocycles. The molecule has 2 aromatic heterocycles. The molecule has 0 spiro atoms. The molecule has 0 saturated carbocycles. The van der Waals surface area contributed by atoms with Crippen LogP contribution in [0.2, 0.25) is 0 Å². The summed E-state index contributed by atoms with van der Waals surface area (Å²) in [5.74, 6) is -1.57. The number of hydrogen-bond donors (Lipinski definition) is 1. The Bertz CT molecular complexity index is 1160. The summed E-state index contributed by atoms with van der Waals surface area (Å²) in [6.07, 6.45) is 0.371. The van der Waals surface area contributed by atoms with Crippen LogP contribution in [0.5, 0.6) is 0 Å². The lowest BCUT2D eigenvalue weighted by atomic mass is 10.1. The van der Waals surface area contributed by atoms with Crippen molar-refractivity contribution in [2.45, 2.75) is 39.7 Å². The number of hydrogen-bond acceptors (Lipinski definition) is 7. The van der Waals surface area contributed by atoms with Crippen LogP contribution < -0.4 is 0 Å². The van der Waals surface area contributed by atoms with E-state index in [2.05, 4.69) is 9.97 Å². The van der Waals surface area contributed by atoms with Gasteiger partial charge in [-0.15, -0.1) is 0 Å². The number of rotatable bonds is 8. The lowest BCUT2D eigenvalue weighted by Gasteiger charge is -2.12. The fourth-order valence-electron chi connectivity index (χ4n) is 3.34. The number of carbonyl (C=O) groups is 3. The number of oxazole rings is 1. The Labute approximate surface area is 183 Å². The number of methoxy groups -OCH3 is 1. The first-order valence-electron chi connectivity index (χ1n) is 9.93. The number of nitrogens with zero attached hydrogens (tertiary/aromatic N) is 1. The van der Waals surface area contributed by atoms with Gasteiger partial charge in [0.05, 0.1) is 36.5 Å². The van der Waals surface area contributed by atoms with Crippen LogP contribution in [0.4, 0.5) is 4.39 Å². The highest BCUT2D eigenvalue weighted by molar-refractivity contribution is 6.03. The molecule has 1 unspecified atom stereocenters. The number of benzene rings is 1. The Morgan fingerprint density at radius 1 is 1.22 bits per heavy atom. The average molecular weight is 442 g/mol. The van der Waals surface area contributed by atoms with Gasteiger partial charge in [-0.1, -0.05) is 12.1 Å². The Balaban J connectivity index is 1.59. The van der Waals surface area contributed by atoms with Crippen molar-refractivity contribution in [3.05, 3.63) is 64.7 Å². The number of ketones is 1. The zero-order valence-corrected chi connectivity index (χ0v) is 18.2. The summed E-state index contributed by atoms with van der Waals surface area (Å²) < 4.78 is 29.3. The Morgan fingerprint density at radius 3 is 2.62 bits per heavy atom. The molecule has 1 N–H and O–H groups in total. The normalized spacial score (nSPS) is 11.8. The van der Waals surface area contributed by atoms with E-state index in [4.69, 9.17) is 13.9 Å². The smallest absolute Gasteiger partial charge is 0.339 e. The summed E-state index contributed by atoms with van der Waals surface area (Å²) in [5, 5.41) is 0. The molecule has 2 heterocycles. The van der Waals surface area contributed by atoms with Gasteiger partial charge in [-0.05, 0) is 38.5 Å². The van der Waals surface area contributed by atoms with Gasteiger partial charge in [0.15, 0.2) is 17.8 Å². The van der Waals surface area contributed by atoms with Crippen LogP contribution in [-0.2, 0) is 20.7 Å². The molecule has 0 saturated heterocycles. The largest absolute Gasteiger partial charge is 0.465 e. The van der Waals surface area contributed by atoms with E-state index in [9.17, 15) is 18.8 Å². The maximum Gasteiger partial charge on any atom is 0.339 e. The van der Waals surface area contributed by atoms with Crippen molar-refractivity contribution >= 4 is 17.7 Å². The summed E-state index contributed by atoms with van der Waals surface area (Å²) >= 11 is 0. The number of ether oxygens (including phenoxy) is 2. The minimum absolute atomic E-state index is 0.0784. The van der Waals surface area contributed by atoms with Crippen molar-refractivity contribution < 1.29 is 32.7 Å². The molecule has 0 bridgehead atoms. The van der Waals surface area contributed by atoms with E-state index in [1.165, 1.54) is 26.3 Å². The predicted molar refractivity (Wildman–Crippen MR) is 112 cm³/mol. The summed E-state index contributed by atoms with van der Waals surface area (Å²) in [6.45, 7) is 4.72. The van der Waals surface area contributed by atoms with Gasteiger partial charge in [-0.3, -0.25) is 9.59 Å². The monoisotopic (exact) mass is 442 g/mol. The number of nitrogens with one attached hydrogen (secondary N) is 1. The minimum Gasteiger partial charge on any atom is -0.465 e. The molecule has 32 heavy (non-hydrogen) atoms. The van der Waals surface area contributed by atoms with Crippen LogP contribution in [0.25, 0.3) is 11.3 Å².